The Morgan fingerprint density at radius 1 is 0.936 bits per heavy atom. The van der Waals surface area contributed by atoms with Gasteiger partial charge in [-0.1, -0.05) is 48.6 Å². The van der Waals surface area contributed by atoms with E-state index in [0.29, 0.717) is 6.42 Å². The topological polar surface area (TPSA) is 231 Å². The summed E-state index contributed by atoms with van der Waals surface area (Å²) in [6.07, 6.45) is 5.25. The number of allylic oxidation sites excluding steroid dienone is 6. The number of nitrogens with two attached hydrogens (primary N) is 1. The Bertz CT molecular complexity index is 1220. The van der Waals surface area contributed by atoms with Gasteiger partial charge in [0.1, 0.15) is 24.2 Å². The van der Waals surface area contributed by atoms with E-state index >= 15 is 0 Å². The highest BCUT2D eigenvalue weighted by molar-refractivity contribution is 5.82. The van der Waals surface area contributed by atoms with Gasteiger partial charge in [-0.25, -0.2) is 4.79 Å². The number of hydrogen-bond acceptors (Lipinski definition) is 13. The molecule has 4 aliphatic rings. The molecule has 0 radical (unpaired) electrons. The molecule has 14 heteroatoms. The van der Waals surface area contributed by atoms with E-state index in [1.807, 2.05) is 6.08 Å². The summed E-state index contributed by atoms with van der Waals surface area (Å²) >= 11 is 0. The first-order valence-electron chi connectivity index (χ1n) is 15.9. The Morgan fingerprint density at radius 2 is 1.64 bits per heavy atom. The monoisotopic (exact) mass is 665 g/mol. The molecular weight excluding hydrogens is 618 g/mol. The van der Waals surface area contributed by atoms with Crippen LogP contribution in [0.15, 0.2) is 60.8 Å². The number of carbonyl (C=O) groups is 2. The van der Waals surface area contributed by atoms with Gasteiger partial charge in [0, 0.05) is 38.2 Å². The number of carboxylic acids is 1. The van der Waals surface area contributed by atoms with E-state index in [0.717, 1.165) is 0 Å². The number of fused-ring (bicyclic) bond motifs is 3. The molecule has 4 aliphatic heterocycles. The molecule has 8 N–H and O–H groups in total. The van der Waals surface area contributed by atoms with Gasteiger partial charge < -0.3 is 60.1 Å². The minimum atomic E-state index is -2.10. The maximum atomic E-state index is 12.3. The average molecular weight is 666 g/mol. The Balaban J connectivity index is 1.58. The second kappa shape index (κ2) is 16.6. The molecule has 0 aliphatic carbocycles. The number of aliphatic hydroxyl groups excluding tert-OH is 4. The van der Waals surface area contributed by atoms with Crippen molar-refractivity contribution in [2.75, 3.05) is 0 Å². The van der Waals surface area contributed by atoms with E-state index in [1.54, 1.807) is 56.4 Å². The first-order chi connectivity index (χ1) is 22.3. The molecule has 0 aromatic carbocycles. The summed E-state index contributed by atoms with van der Waals surface area (Å²) in [5, 5.41) is 63.9. The van der Waals surface area contributed by atoms with Crippen LogP contribution in [0.5, 0.6) is 0 Å². The molecule has 4 heterocycles. The molecule has 0 saturated carbocycles. The molecule has 0 aromatic rings. The van der Waals surface area contributed by atoms with Crippen LogP contribution >= 0.6 is 0 Å². The number of cyclic esters (lactones) is 1. The smallest absolute Gasteiger partial charge is 0.330 e. The van der Waals surface area contributed by atoms with Crippen molar-refractivity contribution in [2.24, 2.45) is 11.7 Å². The van der Waals surface area contributed by atoms with Crippen molar-refractivity contribution in [3.63, 3.8) is 0 Å². The zero-order chi connectivity index (χ0) is 34.3. The van der Waals surface area contributed by atoms with Crippen LogP contribution in [0.1, 0.15) is 46.0 Å². The molecule has 3 fully saturated rings. The van der Waals surface area contributed by atoms with Gasteiger partial charge >= 0.3 is 11.9 Å². The van der Waals surface area contributed by atoms with E-state index in [-0.39, 0.29) is 25.4 Å². The summed E-state index contributed by atoms with van der Waals surface area (Å²) < 4.78 is 28.5. The van der Waals surface area contributed by atoms with Crippen LogP contribution in [0.4, 0.5) is 0 Å². The summed E-state index contributed by atoms with van der Waals surface area (Å²) in [7, 11) is 0. The molecule has 14 nitrogen and oxygen atoms in total. The summed E-state index contributed by atoms with van der Waals surface area (Å²) in [5.41, 5.74) is 5.98. The van der Waals surface area contributed by atoms with Crippen LogP contribution in [0.2, 0.25) is 0 Å². The minimum absolute atomic E-state index is 0.0789. The van der Waals surface area contributed by atoms with Gasteiger partial charge in [-0.15, -0.1) is 0 Å². The number of hydrogen-bond donors (Lipinski definition) is 7. The average Bonchev–Trinajstić information content (AvgIpc) is 3.72. The number of aliphatic carboxylic acids is 1. The van der Waals surface area contributed by atoms with Crippen molar-refractivity contribution in [1.29, 1.82) is 0 Å². The van der Waals surface area contributed by atoms with Crippen molar-refractivity contribution in [2.45, 2.75) is 125 Å². The molecule has 0 spiro atoms. The van der Waals surface area contributed by atoms with Gasteiger partial charge in [-0.2, -0.15) is 0 Å². The maximum Gasteiger partial charge on any atom is 0.330 e. The predicted molar refractivity (Wildman–Crippen MR) is 165 cm³/mol. The Kier molecular flexibility index (Phi) is 13.1. The standard InChI is InChI=1S/C33H47NO13/c1-18-10-8-6-4-3-5-7-9-11-21(45-32-30(39)28(34)29(38)19(2)44-32)15-25-27(31(40)41)22(36)17-33(42,47-25)16-20(35)14-24-23(46-24)12-13-26(37)43-18/h3-9,11-13,18-25,27-30,32,35-36,38-39,42H,10,14-17,34H2,1-2H3,(H,40,41)/b4-3-,7-5+,8-6+,11-9+,13-12+/t18-,19-,20+,21+,22+,23-,24-,25+,27-,28+,29-,30-,32+,33-/m1/s1. The first-order valence-corrected chi connectivity index (χ1v) is 15.9. The number of ether oxygens (including phenoxy) is 5. The highest BCUT2D eigenvalue weighted by atomic mass is 16.7. The predicted octanol–water partition coefficient (Wildman–Crippen LogP) is 0.120. The zero-order valence-corrected chi connectivity index (χ0v) is 26.4. The lowest BCUT2D eigenvalue weighted by Crippen LogP contribution is -2.61. The van der Waals surface area contributed by atoms with Gasteiger partial charge in [0.15, 0.2) is 12.1 Å². The van der Waals surface area contributed by atoms with E-state index < -0.39 is 97.3 Å². The highest BCUT2D eigenvalue weighted by Gasteiger charge is 2.51. The second-order valence-electron chi connectivity index (χ2n) is 12.6. The number of carboxylic acid groups (broad SMARTS) is 1. The lowest BCUT2D eigenvalue weighted by molar-refractivity contribution is -0.308. The summed E-state index contributed by atoms with van der Waals surface area (Å²) in [5.74, 6) is -5.45. The second-order valence-corrected chi connectivity index (χ2v) is 12.6. The minimum Gasteiger partial charge on any atom is -0.481 e. The number of rotatable bonds is 3. The largest absolute Gasteiger partial charge is 0.481 e. The summed E-state index contributed by atoms with van der Waals surface area (Å²) in [6, 6.07) is -1.08. The van der Waals surface area contributed by atoms with Gasteiger partial charge in [0.05, 0.1) is 48.8 Å². The van der Waals surface area contributed by atoms with Gasteiger partial charge in [-0.3, -0.25) is 4.79 Å². The fraction of sp³-hybridized carbons (Fsp3) is 0.636. The molecule has 262 valence electrons. The quantitative estimate of drug-likeness (QED) is 0.157. The Morgan fingerprint density at radius 3 is 2.36 bits per heavy atom. The zero-order valence-electron chi connectivity index (χ0n) is 26.4. The molecule has 14 atom stereocenters. The van der Waals surface area contributed by atoms with Crippen molar-refractivity contribution in [3.05, 3.63) is 60.8 Å². The summed E-state index contributed by atoms with van der Waals surface area (Å²) in [6.45, 7) is 3.34. The van der Waals surface area contributed by atoms with Crippen LogP contribution < -0.4 is 5.73 Å². The molecule has 47 heavy (non-hydrogen) atoms. The van der Waals surface area contributed by atoms with Crippen LogP contribution in [0, 0.1) is 5.92 Å². The third-order valence-electron chi connectivity index (χ3n) is 8.58. The lowest BCUT2D eigenvalue weighted by Gasteiger charge is -2.45. The fourth-order valence-corrected chi connectivity index (χ4v) is 6.00. The molecule has 0 unspecified atom stereocenters. The third-order valence-corrected chi connectivity index (χ3v) is 8.58. The van der Waals surface area contributed by atoms with E-state index in [1.165, 1.54) is 12.2 Å². The molecule has 0 aromatic heterocycles. The normalized spacial score (nSPS) is 47.2. The lowest BCUT2D eigenvalue weighted by atomic mass is 9.83. The van der Waals surface area contributed by atoms with Crippen molar-refractivity contribution < 1.29 is 63.9 Å². The third kappa shape index (κ3) is 10.6. The first kappa shape index (κ1) is 37.1. The van der Waals surface area contributed by atoms with Crippen molar-refractivity contribution in [1.82, 2.24) is 0 Å². The highest BCUT2D eigenvalue weighted by Crippen LogP contribution is 2.39. The number of aliphatic hydroxyl groups is 5. The fourth-order valence-electron chi connectivity index (χ4n) is 6.00. The maximum absolute atomic E-state index is 12.3. The van der Waals surface area contributed by atoms with Crippen molar-refractivity contribution >= 4 is 11.9 Å². The number of carbonyl (C=O) groups excluding carboxylic acids is 1. The van der Waals surface area contributed by atoms with Gasteiger partial charge in [0.25, 0.3) is 0 Å². The van der Waals surface area contributed by atoms with Crippen LogP contribution in [0.3, 0.4) is 0 Å². The van der Waals surface area contributed by atoms with Crippen LogP contribution in [-0.2, 0) is 33.3 Å². The van der Waals surface area contributed by atoms with Crippen LogP contribution in [-0.4, -0.2) is 122 Å². The molecule has 4 rings (SSSR count). The molecule has 2 bridgehead atoms. The van der Waals surface area contributed by atoms with Crippen molar-refractivity contribution in [3.8, 4) is 0 Å². The molecule has 3 saturated heterocycles. The molecule has 0 amide bonds. The number of epoxide rings is 1. The summed E-state index contributed by atoms with van der Waals surface area (Å²) in [4.78, 5) is 24.4. The van der Waals surface area contributed by atoms with E-state index in [9.17, 15) is 40.2 Å². The van der Waals surface area contributed by atoms with Gasteiger partial charge in [-0.05, 0) is 19.9 Å². The van der Waals surface area contributed by atoms with Crippen LogP contribution in [0.25, 0.3) is 0 Å². The van der Waals surface area contributed by atoms with E-state index in [4.69, 9.17) is 29.4 Å². The number of esters is 1. The van der Waals surface area contributed by atoms with E-state index in [2.05, 4.69) is 0 Å². The Hall–Kier alpha value is -2.76. The SMILES string of the molecule is C[C@@H]1C/C=C/C=C\C=C\C=C\[C@H](O[C@@H]2O[C@H](C)[C@@H](O)[C@H](N)[C@H]2O)C[C@@H]2O[C@](O)(C[C@@H](O)C[C@H]3O[C@@H]3/C=C/C(=O)O1)C[C@H](O)[C@H]2C(=O)O. The molecular formula is C33H47NO13. The van der Waals surface area contributed by atoms with Gasteiger partial charge in [0.2, 0.25) is 0 Å². The Labute approximate surface area is 273 Å².